The van der Waals surface area contributed by atoms with E-state index in [9.17, 15) is 10.1 Å². The van der Waals surface area contributed by atoms with Crippen LogP contribution in [0.15, 0.2) is 36.0 Å². The number of aryl methyl sites for hydroxylation is 1. The average Bonchev–Trinajstić information content (AvgIpc) is 3.44. The molecule has 0 radical (unpaired) electrons. The van der Waals surface area contributed by atoms with Gasteiger partial charge in [0.25, 0.3) is 0 Å². The van der Waals surface area contributed by atoms with Crippen LogP contribution in [-0.4, -0.2) is 26.4 Å². The topological polar surface area (TPSA) is 92.8 Å². The summed E-state index contributed by atoms with van der Waals surface area (Å²) in [6.07, 6.45) is 4.27. The number of amides is 1. The molecule has 0 bridgehead atoms. The third-order valence-corrected chi connectivity index (χ3v) is 9.61. The summed E-state index contributed by atoms with van der Waals surface area (Å²) in [5.41, 5.74) is 2.86. The van der Waals surface area contributed by atoms with Gasteiger partial charge in [-0.25, -0.2) is 0 Å². The van der Waals surface area contributed by atoms with Crippen LogP contribution in [-0.2, 0) is 24.2 Å². The largest absolute Gasteiger partial charge is 0.483 e. The third-order valence-electron chi connectivity index (χ3n) is 7.05. The van der Waals surface area contributed by atoms with Crippen LogP contribution in [0, 0.1) is 29.6 Å². The molecule has 0 saturated carbocycles. The van der Waals surface area contributed by atoms with Gasteiger partial charge in [-0.15, -0.1) is 28.1 Å². The zero-order valence-electron chi connectivity index (χ0n) is 23.0. The lowest BCUT2D eigenvalue weighted by atomic mass is 9.72. The van der Waals surface area contributed by atoms with Crippen molar-refractivity contribution < 1.29 is 9.53 Å². The summed E-state index contributed by atoms with van der Waals surface area (Å²) in [6.45, 7) is 15.0. The fraction of sp³-hybridized carbons (Fsp3) is 0.448. The molecule has 1 N–H and O–H groups in total. The summed E-state index contributed by atoms with van der Waals surface area (Å²) in [4.78, 5) is 14.2. The van der Waals surface area contributed by atoms with Gasteiger partial charge >= 0.3 is 0 Å². The van der Waals surface area contributed by atoms with Gasteiger partial charge in [-0.05, 0) is 73.8 Å². The number of allylic oxidation sites excluding steroid dienone is 1. The molecule has 0 saturated heterocycles. The summed E-state index contributed by atoms with van der Waals surface area (Å²) in [7, 11) is 0. The number of ether oxygens (including phenoxy) is 1. The fourth-order valence-electron chi connectivity index (χ4n) is 4.78. The number of anilines is 1. The van der Waals surface area contributed by atoms with E-state index < -0.39 is 0 Å². The van der Waals surface area contributed by atoms with Gasteiger partial charge in [-0.1, -0.05) is 50.2 Å². The van der Waals surface area contributed by atoms with Crippen molar-refractivity contribution in [1.82, 2.24) is 14.8 Å². The van der Waals surface area contributed by atoms with Gasteiger partial charge in [-0.2, -0.15) is 5.26 Å². The van der Waals surface area contributed by atoms with Gasteiger partial charge in [0.15, 0.2) is 17.1 Å². The Labute approximate surface area is 243 Å². The quantitative estimate of drug-likeness (QED) is 0.209. The molecular weight excluding hydrogens is 550 g/mol. The molecule has 3 aromatic rings. The number of fused-ring (bicyclic) bond motifs is 1. The predicted molar refractivity (Wildman–Crippen MR) is 159 cm³/mol. The highest BCUT2D eigenvalue weighted by Gasteiger charge is 2.32. The molecule has 0 spiro atoms. The monoisotopic (exact) mass is 583 g/mol. The van der Waals surface area contributed by atoms with Crippen molar-refractivity contribution in [3.63, 3.8) is 0 Å². The van der Waals surface area contributed by atoms with Crippen LogP contribution in [0.5, 0.6) is 5.75 Å². The van der Waals surface area contributed by atoms with Crippen LogP contribution in [0.2, 0.25) is 5.02 Å². The number of aromatic nitrogens is 3. The molecule has 7 nitrogen and oxygen atoms in total. The van der Waals surface area contributed by atoms with Crippen LogP contribution in [0.1, 0.15) is 67.6 Å². The number of nitrogens with zero attached hydrogens (tertiary/aromatic N) is 4. The minimum absolute atomic E-state index is 0.138. The van der Waals surface area contributed by atoms with Crippen molar-refractivity contribution >= 4 is 45.6 Å². The van der Waals surface area contributed by atoms with Crippen molar-refractivity contribution in [3.05, 3.63) is 63.3 Å². The van der Waals surface area contributed by atoms with Gasteiger partial charge in [0.05, 0.1) is 11.3 Å². The summed E-state index contributed by atoms with van der Waals surface area (Å²) < 4.78 is 8.00. The number of thioether (sulfide) groups is 1. The maximum atomic E-state index is 13.0. The lowest BCUT2D eigenvalue weighted by Crippen LogP contribution is -2.26. The standard InChI is InChI=1S/C29H34ClN5O2S2/c1-7-12-35-26(18(3)37-20-9-11-23(30)17(2)13-20)33-34-28(35)38-16-25(36)32-27-22(15-31)21-10-8-19(29(4,5)6)14-24(21)39-27/h7,9,11,13,18-19H,1,8,10,12,14,16H2,2-6H3,(H,32,36). The Hall–Kier alpha value is -2.80. The Balaban J connectivity index is 1.43. The van der Waals surface area contributed by atoms with Gasteiger partial charge in [0, 0.05) is 16.4 Å². The molecule has 1 aliphatic carbocycles. The molecule has 10 heteroatoms. The Bertz CT molecular complexity index is 1420. The lowest BCUT2D eigenvalue weighted by Gasteiger charge is -2.33. The number of nitrogens with one attached hydrogen (secondary N) is 1. The van der Waals surface area contributed by atoms with E-state index in [1.54, 1.807) is 23.5 Å². The van der Waals surface area contributed by atoms with Crippen LogP contribution < -0.4 is 10.1 Å². The first-order valence-corrected chi connectivity index (χ1v) is 15.1. The van der Waals surface area contributed by atoms with Crippen LogP contribution in [0.4, 0.5) is 5.00 Å². The van der Waals surface area contributed by atoms with E-state index in [0.717, 1.165) is 30.4 Å². The molecule has 206 valence electrons. The maximum Gasteiger partial charge on any atom is 0.235 e. The van der Waals surface area contributed by atoms with Crippen LogP contribution in [0.3, 0.4) is 0 Å². The number of nitriles is 1. The molecule has 39 heavy (non-hydrogen) atoms. The minimum atomic E-state index is -0.381. The number of carbonyl (C=O) groups excluding carboxylic acids is 1. The Morgan fingerprint density at radius 1 is 1.44 bits per heavy atom. The van der Waals surface area contributed by atoms with Crippen molar-refractivity contribution in [1.29, 1.82) is 5.26 Å². The molecule has 0 aliphatic heterocycles. The van der Waals surface area contributed by atoms with E-state index in [1.165, 1.54) is 16.6 Å². The average molecular weight is 584 g/mol. The zero-order valence-corrected chi connectivity index (χ0v) is 25.4. The SMILES string of the molecule is C=CCn1c(SCC(=O)Nc2sc3c(c2C#N)CCC(C(C)(C)C)C3)nnc1C(C)Oc1ccc(Cl)c(C)c1. The number of halogens is 1. The van der Waals surface area contributed by atoms with Crippen molar-refractivity contribution in [2.24, 2.45) is 11.3 Å². The Morgan fingerprint density at radius 2 is 2.21 bits per heavy atom. The second-order valence-corrected chi connectivity index (χ2v) is 13.3. The second-order valence-electron chi connectivity index (χ2n) is 10.9. The van der Waals surface area contributed by atoms with Gasteiger partial charge in [-0.3, -0.25) is 9.36 Å². The van der Waals surface area contributed by atoms with E-state index in [-0.39, 0.29) is 23.2 Å². The highest BCUT2D eigenvalue weighted by atomic mass is 35.5. The second kappa shape index (κ2) is 12.2. The minimum Gasteiger partial charge on any atom is -0.483 e. The fourth-order valence-corrected chi connectivity index (χ4v) is 6.95. The van der Waals surface area contributed by atoms with E-state index in [2.05, 4.69) is 48.9 Å². The molecule has 1 amide bonds. The van der Waals surface area contributed by atoms with Gasteiger partial charge < -0.3 is 10.1 Å². The lowest BCUT2D eigenvalue weighted by molar-refractivity contribution is -0.113. The van der Waals surface area contributed by atoms with E-state index in [0.29, 0.717) is 44.8 Å². The highest BCUT2D eigenvalue weighted by molar-refractivity contribution is 7.99. The molecule has 2 unspecified atom stereocenters. The summed E-state index contributed by atoms with van der Waals surface area (Å²) in [6, 6.07) is 7.84. The Morgan fingerprint density at radius 3 is 2.87 bits per heavy atom. The van der Waals surface area contributed by atoms with Crippen LogP contribution in [0.25, 0.3) is 0 Å². The van der Waals surface area contributed by atoms with Gasteiger partial charge in [0.1, 0.15) is 16.8 Å². The normalized spacial score (nSPS) is 15.8. The zero-order chi connectivity index (χ0) is 28.3. The predicted octanol–water partition coefficient (Wildman–Crippen LogP) is 7.38. The Kier molecular flexibility index (Phi) is 9.10. The molecule has 1 aromatic carbocycles. The molecule has 2 heterocycles. The summed E-state index contributed by atoms with van der Waals surface area (Å²) >= 11 is 8.97. The number of hydrogen-bond acceptors (Lipinski definition) is 7. The molecule has 1 aliphatic rings. The molecule has 0 fully saturated rings. The van der Waals surface area contributed by atoms with E-state index in [1.807, 2.05) is 30.5 Å². The first-order chi connectivity index (χ1) is 18.5. The molecule has 4 rings (SSSR count). The number of hydrogen-bond donors (Lipinski definition) is 1. The van der Waals surface area contributed by atoms with Crippen LogP contribution >= 0.6 is 34.7 Å². The first kappa shape index (κ1) is 29.2. The number of benzene rings is 1. The third kappa shape index (κ3) is 6.68. The smallest absolute Gasteiger partial charge is 0.235 e. The summed E-state index contributed by atoms with van der Waals surface area (Å²) in [5, 5.41) is 23.4. The van der Waals surface area contributed by atoms with E-state index >= 15 is 0 Å². The molecular formula is C29H34ClN5O2S2. The van der Waals surface area contributed by atoms with Crippen molar-refractivity contribution in [2.75, 3.05) is 11.1 Å². The highest BCUT2D eigenvalue weighted by Crippen LogP contribution is 2.44. The number of carbonyl (C=O) groups is 1. The van der Waals surface area contributed by atoms with Crippen molar-refractivity contribution in [2.45, 2.75) is 71.7 Å². The maximum absolute atomic E-state index is 13.0. The molecule has 2 aromatic heterocycles. The van der Waals surface area contributed by atoms with Crippen molar-refractivity contribution in [3.8, 4) is 11.8 Å². The van der Waals surface area contributed by atoms with E-state index in [4.69, 9.17) is 16.3 Å². The number of rotatable bonds is 9. The first-order valence-electron chi connectivity index (χ1n) is 13.0. The summed E-state index contributed by atoms with van der Waals surface area (Å²) in [5.74, 6) is 1.84. The molecule has 2 atom stereocenters. The van der Waals surface area contributed by atoms with Gasteiger partial charge in [0.2, 0.25) is 5.91 Å². The number of thiophene rings is 1.